The molecule has 0 bridgehead atoms. The van der Waals surface area contributed by atoms with Crippen molar-refractivity contribution in [1.82, 2.24) is 5.32 Å². The molecule has 0 aliphatic carbocycles. The van der Waals surface area contributed by atoms with Crippen molar-refractivity contribution in [3.05, 3.63) is 0 Å². The topological polar surface area (TPSA) is 38.3 Å². The highest BCUT2D eigenvalue weighted by Gasteiger charge is 2.01. The predicted octanol–water partition coefficient (Wildman–Crippen LogP) is 3.67. The van der Waals surface area contributed by atoms with Crippen LogP contribution in [0.15, 0.2) is 0 Å². The summed E-state index contributed by atoms with van der Waals surface area (Å²) in [6, 6.07) is 0. The van der Waals surface area contributed by atoms with Gasteiger partial charge in [0.2, 0.25) is 0 Å². The zero-order chi connectivity index (χ0) is 13.5. The van der Waals surface area contributed by atoms with Gasteiger partial charge in [0.15, 0.2) is 0 Å². The molecule has 0 unspecified atom stereocenters. The van der Waals surface area contributed by atoms with Crippen molar-refractivity contribution in [2.45, 2.75) is 71.1 Å². The molecule has 3 nitrogen and oxygen atoms in total. The molecule has 0 heterocycles. The number of likely N-dealkylation sites (N-methyl/N-ethyl adjacent to an activating group) is 1. The summed E-state index contributed by atoms with van der Waals surface area (Å²) in [4.78, 5) is 11.3. The molecule has 0 aromatic heterocycles. The first kappa shape index (κ1) is 17.4. The highest BCUT2D eigenvalue weighted by atomic mass is 16.5. The normalized spacial score (nSPS) is 10.6. The Hall–Kier alpha value is -0.570. The molecule has 0 saturated heterocycles. The maximum absolute atomic E-state index is 11.3. The molecule has 18 heavy (non-hydrogen) atoms. The van der Waals surface area contributed by atoms with Crippen molar-refractivity contribution in [3.8, 4) is 0 Å². The number of unbranched alkanes of at least 4 members (excludes halogenated alkanes) is 8. The van der Waals surface area contributed by atoms with Gasteiger partial charge in [-0.05, 0) is 13.5 Å². The Morgan fingerprint density at radius 3 is 2.06 bits per heavy atom. The van der Waals surface area contributed by atoms with Crippen LogP contribution in [0, 0.1) is 0 Å². The summed E-state index contributed by atoms with van der Waals surface area (Å²) in [6.07, 6.45) is 12.1. The van der Waals surface area contributed by atoms with Gasteiger partial charge >= 0.3 is 5.97 Å². The molecular weight excluding hydrogens is 226 g/mol. The minimum absolute atomic E-state index is 0.0480. The molecule has 0 aromatic rings. The number of carbonyl (C=O) groups excluding carboxylic acids is 1. The molecule has 1 N–H and O–H groups in total. The van der Waals surface area contributed by atoms with Gasteiger partial charge in [-0.15, -0.1) is 0 Å². The Morgan fingerprint density at radius 2 is 1.50 bits per heavy atom. The van der Waals surface area contributed by atoms with Crippen LogP contribution in [0.1, 0.15) is 71.1 Å². The van der Waals surface area contributed by atoms with Gasteiger partial charge in [0.25, 0.3) is 0 Å². The summed E-state index contributed by atoms with van der Waals surface area (Å²) in [7, 11) is 1.86. The van der Waals surface area contributed by atoms with Crippen molar-refractivity contribution in [3.63, 3.8) is 0 Å². The van der Waals surface area contributed by atoms with E-state index in [2.05, 4.69) is 12.2 Å². The third kappa shape index (κ3) is 13.5. The van der Waals surface area contributed by atoms with Crippen molar-refractivity contribution in [1.29, 1.82) is 0 Å². The van der Waals surface area contributed by atoms with Gasteiger partial charge in [0.05, 0.1) is 0 Å². The summed E-state index contributed by atoms with van der Waals surface area (Å²) >= 11 is 0. The largest absolute Gasteiger partial charge is 0.464 e. The van der Waals surface area contributed by atoms with Crippen LogP contribution < -0.4 is 5.32 Å². The van der Waals surface area contributed by atoms with Crippen LogP contribution in [-0.4, -0.2) is 26.2 Å². The second kappa shape index (κ2) is 14.5. The van der Waals surface area contributed by atoms with Crippen LogP contribution in [0.25, 0.3) is 0 Å². The first-order chi connectivity index (χ1) is 8.81. The Kier molecular flexibility index (Phi) is 14.0. The number of nitrogens with one attached hydrogen (secondary N) is 1. The average molecular weight is 257 g/mol. The van der Waals surface area contributed by atoms with Crippen LogP contribution >= 0.6 is 0 Å². The fraction of sp³-hybridized carbons (Fsp3) is 0.933. The van der Waals surface area contributed by atoms with Crippen molar-refractivity contribution >= 4 is 5.97 Å². The first-order valence-electron chi connectivity index (χ1n) is 7.61. The summed E-state index contributed by atoms with van der Waals surface area (Å²) in [5.74, 6) is -0.0480. The molecule has 0 aliphatic heterocycles. The lowest BCUT2D eigenvalue weighted by molar-refractivity contribution is -0.143. The average Bonchev–Trinajstić information content (AvgIpc) is 2.37. The van der Waals surface area contributed by atoms with E-state index >= 15 is 0 Å². The van der Waals surface area contributed by atoms with Gasteiger partial charge in [0, 0.05) is 13.0 Å². The van der Waals surface area contributed by atoms with E-state index in [0.29, 0.717) is 13.0 Å². The first-order valence-corrected chi connectivity index (χ1v) is 7.61. The zero-order valence-corrected chi connectivity index (χ0v) is 12.3. The Balaban J connectivity index is 3.08. The van der Waals surface area contributed by atoms with E-state index in [4.69, 9.17) is 4.74 Å². The molecule has 0 aliphatic rings. The maximum Gasteiger partial charge on any atom is 0.305 e. The summed E-state index contributed by atoms with van der Waals surface area (Å²) in [5, 5.41) is 2.95. The molecule has 0 aromatic carbocycles. The zero-order valence-electron chi connectivity index (χ0n) is 12.3. The van der Waals surface area contributed by atoms with Crippen LogP contribution in [0.5, 0.6) is 0 Å². The van der Waals surface area contributed by atoms with E-state index in [1.807, 2.05) is 7.05 Å². The van der Waals surface area contributed by atoms with Crippen LogP contribution in [0.4, 0.5) is 0 Å². The van der Waals surface area contributed by atoms with Crippen molar-refractivity contribution in [2.75, 3.05) is 20.2 Å². The lowest BCUT2D eigenvalue weighted by atomic mass is 10.1. The van der Waals surface area contributed by atoms with E-state index in [9.17, 15) is 4.79 Å². The highest BCUT2D eigenvalue weighted by molar-refractivity contribution is 5.69. The van der Waals surface area contributed by atoms with Gasteiger partial charge in [0.1, 0.15) is 6.61 Å². The number of carbonyl (C=O) groups is 1. The van der Waals surface area contributed by atoms with E-state index in [0.717, 1.165) is 19.4 Å². The molecule has 0 amide bonds. The Bertz CT molecular complexity index is 183. The van der Waals surface area contributed by atoms with Crippen LogP contribution in [-0.2, 0) is 9.53 Å². The maximum atomic E-state index is 11.3. The number of esters is 1. The summed E-state index contributed by atoms with van der Waals surface area (Å²) in [5.41, 5.74) is 0. The number of hydrogen-bond donors (Lipinski definition) is 1. The highest BCUT2D eigenvalue weighted by Crippen LogP contribution is 2.10. The Labute approximate surface area is 113 Å². The van der Waals surface area contributed by atoms with Gasteiger partial charge in [-0.3, -0.25) is 4.79 Å². The van der Waals surface area contributed by atoms with Gasteiger partial charge in [-0.1, -0.05) is 58.3 Å². The monoisotopic (exact) mass is 257 g/mol. The third-order valence-corrected chi connectivity index (χ3v) is 3.10. The summed E-state index contributed by atoms with van der Waals surface area (Å²) < 4.78 is 5.05. The standard InChI is InChI=1S/C15H31NO2/c1-3-4-5-6-7-8-9-10-11-12-15(17)18-14-13-16-2/h16H,3-14H2,1-2H3. The van der Waals surface area contributed by atoms with E-state index in [1.54, 1.807) is 0 Å². The molecule has 3 heteroatoms. The van der Waals surface area contributed by atoms with Gasteiger partial charge < -0.3 is 10.1 Å². The van der Waals surface area contributed by atoms with Crippen LogP contribution in [0.3, 0.4) is 0 Å². The molecule has 0 saturated carbocycles. The van der Waals surface area contributed by atoms with E-state index in [1.165, 1.54) is 44.9 Å². The quantitative estimate of drug-likeness (QED) is 0.404. The number of hydrogen-bond acceptors (Lipinski definition) is 3. The molecule has 0 radical (unpaired) electrons. The Morgan fingerprint density at radius 1 is 0.944 bits per heavy atom. The lowest BCUT2D eigenvalue weighted by Gasteiger charge is -2.04. The van der Waals surface area contributed by atoms with Crippen molar-refractivity contribution < 1.29 is 9.53 Å². The van der Waals surface area contributed by atoms with Crippen molar-refractivity contribution in [2.24, 2.45) is 0 Å². The SMILES string of the molecule is CCCCCCCCCCCC(=O)OCCNC. The van der Waals surface area contributed by atoms with Gasteiger partial charge in [-0.2, -0.15) is 0 Å². The molecule has 0 rings (SSSR count). The van der Waals surface area contributed by atoms with E-state index < -0.39 is 0 Å². The van der Waals surface area contributed by atoms with Crippen LogP contribution in [0.2, 0.25) is 0 Å². The minimum Gasteiger partial charge on any atom is -0.464 e. The lowest BCUT2D eigenvalue weighted by Crippen LogP contribution is -2.17. The number of ether oxygens (including phenoxy) is 1. The second-order valence-electron chi connectivity index (χ2n) is 4.90. The fourth-order valence-electron chi connectivity index (χ4n) is 1.92. The molecule has 0 spiro atoms. The molecule has 108 valence electrons. The second-order valence-corrected chi connectivity index (χ2v) is 4.90. The predicted molar refractivity (Wildman–Crippen MR) is 76.7 cm³/mol. The summed E-state index contributed by atoms with van der Waals surface area (Å²) in [6.45, 7) is 3.48. The fourth-order valence-corrected chi connectivity index (χ4v) is 1.92. The van der Waals surface area contributed by atoms with E-state index in [-0.39, 0.29) is 5.97 Å². The molecule has 0 atom stereocenters. The minimum atomic E-state index is -0.0480. The molecular formula is C15H31NO2. The third-order valence-electron chi connectivity index (χ3n) is 3.10. The smallest absolute Gasteiger partial charge is 0.305 e. The molecule has 0 fully saturated rings. The number of rotatable bonds is 13. The van der Waals surface area contributed by atoms with Gasteiger partial charge in [-0.25, -0.2) is 0 Å².